The molecule has 2 atom stereocenters. The predicted molar refractivity (Wildman–Crippen MR) is 125 cm³/mol. The third-order valence-corrected chi connectivity index (χ3v) is 6.20. The molecule has 1 heterocycles. The number of nitrogens with zero attached hydrogens (tertiary/aromatic N) is 3. The van der Waals surface area contributed by atoms with E-state index >= 15 is 0 Å². The van der Waals surface area contributed by atoms with Crippen molar-refractivity contribution in [3.05, 3.63) is 83.4 Å². The first kappa shape index (κ1) is 22.9. The van der Waals surface area contributed by atoms with Gasteiger partial charge in [-0.2, -0.15) is 0 Å². The third kappa shape index (κ3) is 3.97. The highest BCUT2D eigenvalue weighted by atomic mass is 16.4. The highest BCUT2D eigenvalue weighted by Gasteiger charge is 2.55. The molecule has 0 aliphatic carbocycles. The van der Waals surface area contributed by atoms with Gasteiger partial charge >= 0.3 is 12.0 Å². The van der Waals surface area contributed by atoms with Crippen molar-refractivity contribution in [2.45, 2.75) is 25.0 Å². The van der Waals surface area contributed by atoms with Gasteiger partial charge in [-0.15, -0.1) is 5.16 Å². The van der Waals surface area contributed by atoms with Gasteiger partial charge in [-0.1, -0.05) is 60.7 Å². The lowest BCUT2D eigenvalue weighted by Crippen LogP contribution is -2.44. The molecule has 9 nitrogen and oxygen atoms in total. The summed E-state index contributed by atoms with van der Waals surface area (Å²) in [6.45, 7) is 0.998. The number of carbonyl (C=O) groups excluding carboxylic acids is 2. The molecule has 0 aromatic heterocycles. The Hall–Kier alpha value is -4.24. The number of rotatable bonds is 7. The zero-order chi connectivity index (χ0) is 24.5. The molecule has 0 radical (unpaired) electrons. The standard InChI is InChI=1S/C25H24N4O5/c1-25(20-10-8-18(9-11-20)21(26)13-27-34)23(32)28(15-22(30)31)24(33)29(25)14-16-6-7-17-4-2-3-5-19(17)12-16/h2-13,21,34H,14-15,26H2,1H3,(H,30,31)/b27-13-/t21?,25-/m0/s1. The number of amides is 3. The molecular weight excluding hydrogens is 436 g/mol. The van der Waals surface area contributed by atoms with Gasteiger partial charge in [-0.3, -0.25) is 14.5 Å². The average Bonchev–Trinajstić information content (AvgIpc) is 3.00. The van der Waals surface area contributed by atoms with Crippen LogP contribution in [0.1, 0.15) is 29.7 Å². The van der Waals surface area contributed by atoms with E-state index in [9.17, 15) is 19.5 Å². The number of urea groups is 1. The first-order valence-electron chi connectivity index (χ1n) is 10.6. The number of fused-ring (bicyclic) bond motifs is 1. The van der Waals surface area contributed by atoms with Crippen LogP contribution in [-0.2, 0) is 21.7 Å². The summed E-state index contributed by atoms with van der Waals surface area (Å²) in [5.74, 6) is -1.89. The highest BCUT2D eigenvalue weighted by Crippen LogP contribution is 2.39. The Kier molecular flexibility index (Phi) is 6.04. The van der Waals surface area contributed by atoms with Crippen molar-refractivity contribution in [2.24, 2.45) is 10.9 Å². The molecule has 4 N–H and O–H groups in total. The second kappa shape index (κ2) is 8.95. The maximum absolute atomic E-state index is 13.4. The summed E-state index contributed by atoms with van der Waals surface area (Å²) in [5.41, 5.74) is 6.47. The number of oxime groups is 1. The number of nitrogens with two attached hydrogens (primary N) is 1. The van der Waals surface area contributed by atoms with Crippen LogP contribution < -0.4 is 5.73 Å². The van der Waals surface area contributed by atoms with E-state index in [1.165, 1.54) is 11.1 Å². The second-order valence-electron chi connectivity index (χ2n) is 8.32. The predicted octanol–water partition coefficient (Wildman–Crippen LogP) is 3.06. The van der Waals surface area contributed by atoms with Gasteiger partial charge in [0.15, 0.2) is 0 Å². The first-order valence-corrected chi connectivity index (χ1v) is 10.6. The van der Waals surface area contributed by atoms with E-state index in [1.807, 2.05) is 42.5 Å². The Bertz CT molecular complexity index is 1290. The summed E-state index contributed by atoms with van der Waals surface area (Å²) < 4.78 is 0. The van der Waals surface area contributed by atoms with Gasteiger partial charge in [0.2, 0.25) is 0 Å². The largest absolute Gasteiger partial charge is 0.480 e. The zero-order valence-electron chi connectivity index (χ0n) is 18.5. The monoisotopic (exact) mass is 460 g/mol. The fraction of sp³-hybridized carbons (Fsp3) is 0.200. The first-order chi connectivity index (χ1) is 16.3. The summed E-state index contributed by atoms with van der Waals surface area (Å²) in [5, 5.41) is 23.0. The maximum Gasteiger partial charge on any atom is 0.328 e. The molecule has 0 bridgehead atoms. The number of carboxylic acid groups (broad SMARTS) is 1. The molecule has 1 aliphatic rings. The van der Waals surface area contributed by atoms with E-state index in [4.69, 9.17) is 10.9 Å². The normalized spacial score (nSPS) is 19.4. The molecule has 3 amide bonds. The Balaban J connectivity index is 1.75. The lowest BCUT2D eigenvalue weighted by molar-refractivity contribution is -0.143. The van der Waals surface area contributed by atoms with E-state index in [0.29, 0.717) is 11.1 Å². The van der Waals surface area contributed by atoms with Gasteiger partial charge in [0.25, 0.3) is 5.91 Å². The van der Waals surface area contributed by atoms with Gasteiger partial charge in [-0.25, -0.2) is 4.79 Å². The SMILES string of the molecule is C[C@]1(c2ccc(C(N)/C=N\O)cc2)C(=O)N(CC(=O)O)C(=O)N1Cc1ccc2ccccc2c1. The van der Waals surface area contributed by atoms with E-state index < -0.39 is 36.0 Å². The Morgan fingerprint density at radius 3 is 2.41 bits per heavy atom. The molecule has 1 unspecified atom stereocenters. The second-order valence-corrected chi connectivity index (χ2v) is 8.32. The highest BCUT2D eigenvalue weighted by molar-refractivity contribution is 6.08. The number of imide groups is 1. The molecule has 174 valence electrons. The lowest BCUT2D eigenvalue weighted by atomic mass is 9.88. The lowest BCUT2D eigenvalue weighted by Gasteiger charge is -2.32. The van der Waals surface area contributed by atoms with Crippen LogP contribution in [0.15, 0.2) is 71.9 Å². The summed E-state index contributed by atoms with van der Waals surface area (Å²) >= 11 is 0. The molecule has 3 aromatic rings. The number of carboxylic acids is 1. The van der Waals surface area contributed by atoms with Crippen molar-refractivity contribution in [3.63, 3.8) is 0 Å². The van der Waals surface area contributed by atoms with Gasteiger partial charge in [0, 0.05) is 6.54 Å². The molecule has 4 rings (SSSR count). The topological polar surface area (TPSA) is 137 Å². The van der Waals surface area contributed by atoms with Crippen LogP contribution >= 0.6 is 0 Å². The van der Waals surface area contributed by atoms with E-state index in [2.05, 4.69) is 5.16 Å². The van der Waals surface area contributed by atoms with Crippen molar-refractivity contribution in [1.82, 2.24) is 9.80 Å². The van der Waals surface area contributed by atoms with Crippen LogP contribution in [0, 0.1) is 0 Å². The minimum Gasteiger partial charge on any atom is -0.480 e. The third-order valence-electron chi connectivity index (χ3n) is 6.20. The summed E-state index contributed by atoms with van der Waals surface area (Å²) in [6.07, 6.45) is 1.17. The number of hydrogen-bond donors (Lipinski definition) is 3. The van der Waals surface area contributed by atoms with Crippen LogP contribution in [-0.4, -0.2) is 50.8 Å². The quantitative estimate of drug-likeness (QED) is 0.215. The molecule has 1 saturated heterocycles. The fourth-order valence-corrected chi connectivity index (χ4v) is 4.29. The number of hydrogen-bond acceptors (Lipinski definition) is 6. The molecule has 3 aromatic carbocycles. The maximum atomic E-state index is 13.4. The van der Waals surface area contributed by atoms with Gasteiger partial charge in [-0.05, 0) is 40.5 Å². The van der Waals surface area contributed by atoms with E-state index in [-0.39, 0.29) is 6.54 Å². The van der Waals surface area contributed by atoms with Crippen LogP contribution in [0.25, 0.3) is 10.8 Å². The summed E-state index contributed by atoms with van der Waals surface area (Å²) in [7, 11) is 0. The van der Waals surface area contributed by atoms with Crippen LogP contribution in [0.3, 0.4) is 0 Å². The summed E-state index contributed by atoms with van der Waals surface area (Å²) in [4.78, 5) is 40.2. The van der Waals surface area contributed by atoms with Crippen molar-refractivity contribution < 1.29 is 24.7 Å². The van der Waals surface area contributed by atoms with Crippen LogP contribution in [0.4, 0.5) is 4.79 Å². The zero-order valence-corrected chi connectivity index (χ0v) is 18.5. The van der Waals surface area contributed by atoms with Crippen LogP contribution in [0.5, 0.6) is 0 Å². The van der Waals surface area contributed by atoms with E-state index in [0.717, 1.165) is 21.2 Å². The van der Waals surface area contributed by atoms with Crippen molar-refractivity contribution in [1.29, 1.82) is 0 Å². The van der Waals surface area contributed by atoms with Crippen molar-refractivity contribution >= 4 is 34.9 Å². The molecule has 34 heavy (non-hydrogen) atoms. The van der Waals surface area contributed by atoms with Gasteiger partial charge in [0.1, 0.15) is 12.1 Å². The van der Waals surface area contributed by atoms with Crippen molar-refractivity contribution in [2.75, 3.05) is 6.54 Å². The van der Waals surface area contributed by atoms with Gasteiger partial charge < -0.3 is 20.9 Å². The Morgan fingerprint density at radius 1 is 1.09 bits per heavy atom. The van der Waals surface area contributed by atoms with E-state index in [1.54, 1.807) is 31.2 Å². The van der Waals surface area contributed by atoms with Gasteiger partial charge in [0.05, 0.1) is 12.3 Å². The molecule has 0 spiro atoms. The molecule has 1 fully saturated rings. The molecule has 0 saturated carbocycles. The number of aliphatic carboxylic acids is 1. The summed E-state index contributed by atoms with van der Waals surface area (Å²) in [6, 6.07) is 19.0. The smallest absolute Gasteiger partial charge is 0.328 e. The molecular formula is C25H24N4O5. The minimum atomic E-state index is -1.42. The van der Waals surface area contributed by atoms with Crippen LogP contribution in [0.2, 0.25) is 0 Å². The number of carbonyl (C=O) groups is 3. The Morgan fingerprint density at radius 2 is 1.76 bits per heavy atom. The molecule has 1 aliphatic heterocycles. The average molecular weight is 460 g/mol. The fourth-order valence-electron chi connectivity index (χ4n) is 4.29. The molecule has 9 heteroatoms. The Labute approximate surface area is 195 Å². The number of benzene rings is 3. The minimum absolute atomic E-state index is 0.112. The van der Waals surface area contributed by atoms with Crippen molar-refractivity contribution in [3.8, 4) is 0 Å².